The number of nitrogens with zero attached hydrogens (tertiary/aromatic N) is 2. The van der Waals surface area contributed by atoms with Crippen molar-refractivity contribution >= 4 is 5.82 Å². The van der Waals surface area contributed by atoms with Crippen LogP contribution in [-0.2, 0) is 0 Å². The van der Waals surface area contributed by atoms with E-state index in [-0.39, 0.29) is 17.1 Å². The van der Waals surface area contributed by atoms with Gasteiger partial charge >= 0.3 is 6.36 Å². The van der Waals surface area contributed by atoms with Crippen molar-refractivity contribution in [3.05, 3.63) is 36.2 Å². The van der Waals surface area contributed by atoms with Crippen molar-refractivity contribution in [2.75, 3.05) is 5.73 Å². The van der Waals surface area contributed by atoms with Gasteiger partial charge in [-0.1, -0.05) is 12.1 Å². The minimum absolute atomic E-state index is 0.204. The zero-order valence-electron chi connectivity index (χ0n) is 9.90. The second-order valence-electron chi connectivity index (χ2n) is 3.77. The molecular weight excluding hydrogens is 259 g/mol. The monoisotopic (exact) mass is 269 g/mol. The van der Waals surface area contributed by atoms with Gasteiger partial charge in [0.25, 0.3) is 0 Å². The van der Waals surface area contributed by atoms with Gasteiger partial charge in [-0.15, -0.1) is 13.2 Å². The number of hydrogen-bond donors (Lipinski definition) is 1. The van der Waals surface area contributed by atoms with Crippen molar-refractivity contribution in [1.29, 1.82) is 0 Å². The molecule has 0 unspecified atom stereocenters. The van der Waals surface area contributed by atoms with E-state index in [2.05, 4.69) is 14.7 Å². The standard InChI is InChI=1S/C12H10F3N3O/c1-7-11(17-6-10(16)18-7)8-4-2-3-5-9(8)19-12(13,14)15/h2-6H,1H3,(H2,16,18). The molecule has 1 aromatic carbocycles. The van der Waals surface area contributed by atoms with Crippen molar-refractivity contribution in [3.8, 4) is 17.0 Å². The molecule has 2 aromatic rings. The van der Waals surface area contributed by atoms with E-state index in [9.17, 15) is 13.2 Å². The molecule has 19 heavy (non-hydrogen) atoms. The van der Waals surface area contributed by atoms with Crippen LogP contribution in [0.15, 0.2) is 30.5 Å². The Balaban J connectivity index is 2.50. The molecule has 0 aliphatic rings. The molecule has 4 nitrogen and oxygen atoms in total. The third-order valence-electron chi connectivity index (χ3n) is 2.33. The maximum Gasteiger partial charge on any atom is 0.573 e. The number of nitrogen functional groups attached to an aromatic ring is 1. The maximum absolute atomic E-state index is 12.3. The Bertz CT molecular complexity index is 599. The molecule has 1 aromatic heterocycles. The van der Waals surface area contributed by atoms with Crippen LogP contribution < -0.4 is 10.5 Å². The molecule has 2 N–H and O–H groups in total. The van der Waals surface area contributed by atoms with E-state index in [1.165, 1.54) is 24.4 Å². The Morgan fingerprint density at radius 2 is 1.89 bits per heavy atom. The second-order valence-corrected chi connectivity index (χ2v) is 3.77. The van der Waals surface area contributed by atoms with Gasteiger partial charge in [0, 0.05) is 5.56 Å². The van der Waals surface area contributed by atoms with E-state index in [0.29, 0.717) is 11.4 Å². The van der Waals surface area contributed by atoms with Gasteiger partial charge in [-0.3, -0.25) is 4.98 Å². The van der Waals surface area contributed by atoms with Crippen LogP contribution in [0, 0.1) is 6.92 Å². The number of benzene rings is 1. The second kappa shape index (κ2) is 4.75. The largest absolute Gasteiger partial charge is 0.573 e. The molecule has 0 amide bonds. The molecule has 0 saturated heterocycles. The Kier molecular flexibility index (Phi) is 3.28. The van der Waals surface area contributed by atoms with E-state index in [0.717, 1.165) is 0 Å². The lowest BCUT2D eigenvalue weighted by Crippen LogP contribution is -2.17. The van der Waals surface area contributed by atoms with Crippen LogP contribution in [0.4, 0.5) is 19.0 Å². The van der Waals surface area contributed by atoms with Gasteiger partial charge < -0.3 is 10.5 Å². The summed E-state index contributed by atoms with van der Waals surface area (Å²) in [4.78, 5) is 7.97. The van der Waals surface area contributed by atoms with Gasteiger partial charge in [0.15, 0.2) is 0 Å². The van der Waals surface area contributed by atoms with Crippen molar-refractivity contribution in [2.45, 2.75) is 13.3 Å². The molecule has 0 atom stereocenters. The zero-order chi connectivity index (χ0) is 14.0. The molecule has 0 bridgehead atoms. The summed E-state index contributed by atoms with van der Waals surface area (Å²) in [6, 6.07) is 5.75. The third kappa shape index (κ3) is 3.12. The van der Waals surface area contributed by atoms with Crippen molar-refractivity contribution in [1.82, 2.24) is 9.97 Å². The van der Waals surface area contributed by atoms with Crippen LogP contribution in [0.2, 0.25) is 0 Å². The minimum atomic E-state index is -4.76. The summed E-state index contributed by atoms with van der Waals surface area (Å²) >= 11 is 0. The molecule has 0 aliphatic heterocycles. The van der Waals surface area contributed by atoms with Gasteiger partial charge in [0.1, 0.15) is 11.6 Å². The number of halogens is 3. The minimum Gasteiger partial charge on any atom is -0.405 e. The van der Waals surface area contributed by atoms with E-state index in [1.807, 2.05) is 0 Å². The number of alkyl halides is 3. The van der Waals surface area contributed by atoms with Crippen molar-refractivity contribution in [2.24, 2.45) is 0 Å². The lowest BCUT2D eigenvalue weighted by atomic mass is 10.1. The molecule has 0 spiro atoms. The number of para-hydroxylation sites is 1. The molecule has 0 aliphatic carbocycles. The highest BCUT2D eigenvalue weighted by Crippen LogP contribution is 2.33. The predicted octanol–water partition coefficient (Wildman–Crippen LogP) is 2.93. The maximum atomic E-state index is 12.3. The SMILES string of the molecule is Cc1nc(N)cnc1-c1ccccc1OC(F)(F)F. The fraction of sp³-hybridized carbons (Fsp3) is 0.167. The summed E-state index contributed by atoms with van der Waals surface area (Å²) in [5, 5.41) is 0. The predicted molar refractivity (Wildman–Crippen MR) is 63.3 cm³/mol. The zero-order valence-corrected chi connectivity index (χ0v) is 9.90. The molecule has 0 fully saturated rings. The number of rotatable bonds is 2. The van der Waals surface area contributed by atoms with Gasteiger partial charge in [-0.05, 0) is 19.1 Å². The van der Waals surface area contributed by atoms with Gasteiger partial charge in [0.05, 0.1) is 17.6 Å². The summed E-state index contributed by atoms with van der Waals surface area (Å²) in [5.74, 6) is -0.118. The summed E-state index contributed by atoms with van der Waals surface area (Å²) in [5.41, 5.74) is 6.40. The van der Waals surface area contributed by atoms with Crippen molar-refractivity contribution < 1.29 is 17.9 Å². The Hall–Kier alpha value is -2.31. The molecule has 0 saturated carbocycles. The average molecular weight is 269 g/mol. The fourth-order valence-electron chi connectivity index (χ4n) is 1.64. The Morgan fingerprint density at radius 3 is 2.53 bits per heavy atom. The quantitative estimate of drug-likeness (QED) is 0.910. The summed E-state index contributed by atoms with van der Waals surface area (Å²) < 4.78 is 40.9. The summed E-state index contributed by atoms with van der Waals surface area (Å²) in [6.45, 7) is 1.61. The lowest BCUT2D eigenvalue weighted by Gasteiger charge is -2.13. The molecule has 1 heterocycles. The van der Waals surface area contributed by atoms with Gasteiger partial charge in [-0.2, -0.15) is 0 Å². The summed E-state index contributed by atoms with van der Waals surface area (Å²) in [7, 11) is 0. The Labute approximate surface area is 107 Å². The van der Waals surface area contributed by atoms with Crippen molar-refractivity contribution in [3.63, 3.8) is 0 Å². The van der Waals surface area contributed by atoms with Crippen LogP contribution in [0.25, 0.3) is 11.3 Å². The number of aryl methyl sites for hydroxylation is 1. The average Bonchev–Trinajstić information content (AvgIpc) is 2.28. The van der Waals surface area contributed by atoms with E-state index in [1.54, 1.807) is 13.0 Å². The first kappa shape index (κ1) is 13.1. The van der Waals surface area contributed by atoms with E-state index >= 15 is 0 Å². The first-order valence-electron chi connectivity index (χ1n) is 5.31. The molecular formula is C12H10F3N3O. The first-order valence-corrected chi connectivity index (χ1v) is 5.31. The van der Waals surface area contributed by atoms with E-state index in [4.69, 9.17) is 5.73 Å². The van der Waals surface area contributed by atoms with Gasteiger partial charge in [0.2, 0.25) is 0 Å². The lowest BCUT2D eigenvalue weighted by molar-refractivity contribution is -0.274. The van der Waals surface area contributed by atoms with Crippen LogP contribution >= 0.6 is 0 Å². The van der Waals surface area contributed by atoms with Crippen LogP contribution in [0.1, 0.15) is 5.69 Å². The number of aromatic nitrogens is 2. The molecule has 2 rings (SSSR count). The van der Waals surface area contributed by atoms with Crippen LogP contribution in [0.3, 0.4) is 0 Å². The highest BCUT2D eigenvalue weighted by molar-refractivity contribution is 5.69. The number of ether oxygens (including phenoxy) is 1. The van der Waals surface area contributed by atoms with Crippen LogP contribution in [0.5, 0.6) is 5.75 Å². The third-order valence-corrected chi connectivity index (χ3v) is 2.33. The highest BCUT2D eigenvalue weighted by Gasteiger charge is 2.32. The fourth-order valence-corrected chi connectivity index (χ4v) is 1.64. The van der Waals surface area contributed by atoms with E-state index < -0.39 is 6.36 Å². The summed E-state index contributed by atoms with van der Waals surface area (Å²) in [6.07, 6.45) is -3.47. The molecule has 7 heteroatoms. The Morgan fingerprint density at radius 1 is 1.21 bits per heavy atom. The molecule has 0 radical (unpaired) electrons. The highest BCUT2D eigenvalue weighted by atomic mass is 19.4. The normalized spacial score (nSPS) is 11.4. The number of nitrogens with two attached hydrogens (primary N) is 1. The topological polar surface area (TPSA) is 61.0 Å². The number of hydrogen-bond acceptors (Lipinski definition) is 4. The van der Waals surface area contributed by atoms with Gasteiger partial charge in [-0.25, -0.2) is 4.98 Å². The molecule has 100 valence electrons. The number of anilines is 1. The smallest absolute Gasteiger partial charge is 0.405 e. The van der Waals surface area contributed by atoms with Crippen LogP contribution in [-0.4, -0.2) is 16.3 Å². The first-order chi connectivity index (χ1) is 8.87.